The maximum atomic E-state index is 12.5. The van der Waals surface area contributed by atoms with E-state index in [4.69, 9.17) is 4.42 Å². The predicted octanol–water partition coefficient (Wildman–Crippen LogP) is 1.59. The Morgan fingerprint density at radius 1 is 1.22 bits per heavy atom. The van der Waals surface area contributed by atoms with Crippen LogP contribution in [-0.2, 0) is 7.05 Å². The van der Waals surface area contributed by atoms with Crippen LogP contribution in [0, 0.1) is 0 Å². The molecule has 3 rings (SSSR count). The van der Waals surface area contributed by atoms with Crippen molar-refractivity contribution in [2.24, 2.45) is 7.05 Å². The number of rotatable bonds is 4. The minimum absolute atomic E-state index is 0.232. The van der Waals surface area contributed by atoms with Gasteiger partial charge in [0.2, 0.25) is 0 Å². The highest BCUT2D eigenvalue weighted by Gasteiger charge is 2.19. The van der Waals surface area contributed by atoms with Gasteiger partial charge >= 0.3 is 5.76 Å². The Kier molecular flexibility index (Phi) is 3.99. The van der Waals surface area contributed by atoms with E-state index in [1.807, 2.05) is 30.3 Å². The van der Waals surface area contributed by atoms with Gasteiger partial charge in [-0.05, 0) is 17.7 Å². The van der Waals surface area contributed by atoms with E-state index >= 15 is 0 Å². The number of aryl methyl sites for hydroxylation is 1. The van der Waals surface area contributed by atoms with Crippen LogP contribution in [0.5, 0.6) is 0 Å². The molecule has 23 heavy (non-hydrogen) atoms. The normalized spacial score (nSPS) is 12.3. The van der Waals surface area contributed by atoms with Gasteiger partial charge in [-0.3, -0.25) is 9.36 Å². The summed E-state index contributed by atoms with van der Waals surface area (Å²) in [5.74, 6) is -0.935. The Morgan fingerprint density at radius 2 is 1.96 bits per heavy atom. The largest absolute Gasteiger partial charge is 0.419 e. The number of para-hydroxylation sites is 1. The second-order valence-electron chi connectivity index (χ2n) is 5.20. The summed E-state index contributed by atoms with van der Waals surface area (Å²) < 4.78 is 6.50. The van der Waals surface area contributed by atoms with Crippen LogP contribution in [-0.4, -0.2) is 22.2 Å². The molecule has 0 aliphatic heterocycles. The number of benzene rings is 2. The highest BCUT2D eigenvalue weighted by Crippen LogP contribution is 2.19. The fourth-order valence-electron chi connectivity index (χ4n) is 2.48. The van der Waals surface area contributed by atoms with Crippen molar-refractivity contribution in [1.82, 2.24) is 9.88 Å². The molecule has 2 aromatic carbocycles. The number of aliphatic hydroxyl groups excluding tert-OH is 1. The Morgan fingerprint density at radius 3 is 2.65 bits per heavy atom. The Balaban J connectivity index is 1.95. The lowest BCUT2D eigenvalue weighted by molar-refractivity contribution is 0.0917. The van der Waals surface area contributed by atoms with Crippen LogP contribution in [0.3, 0.4) is 0 Å². The first-order valence-corrected chi connectivity index (χ1v) is 7.17. The molecule has 6 nitrogen and oxygen atoms in total. The number of nitrogens with one attached hydrogen (secondary N) is 1. The maximum absolute atomic E-state index is 12.5. The van der Waals surface area contributed by atoms with E-state index < -0.39 is 17.7 Å². The van der Waals surface area contributed by atoms with Crippen LogP contribution in [0.15, 0.2) is 57.7 Å². The zero-order valence-corrected chi connectivity index (χ0v) is 12.5. The van der Waals surface area contributed by atoms with Gasteiger partial charge in [0.25, 0.3) is 5.91 Å². The maximum Gasteiger partial charge on any atom is 0.419 e. The second kappa shape index (κ2) is 6.10. The molecule has 0 spiro atoms. The summed E-state index contributed by atoms with van der Waals surface area (Å²) in [5.41, 5.74) is 1.84. The molecule has 1 atom stereocenters. The zero-order valence-electron chi connectivity index (χ0n) is 12.5. The summed E-state index contributed by atoms with van der Waals surface area (Å²) in [6.45, 7) is -0.232. The average molecular weight is 312 g/mol. The number of fused-ring (bicyclic) bond motifs is 1. The van der Waals surface area contributed by atoms with Crippen molar-refractivity contribution in [3.8, 4) is 0 Å². The highest BCUT2D eigenvalue weighted by atomic mass is 16.4. The van der Waals surface area contributed by atoms with E-state index in [0.717, 1.165) is 5.56 Å². The molecule has 2 N–H and O–H groups in total. The molecule has 1 heterocycles. The minimum Gasteiger partial charge on any atom is -0.407 e. The van der Waals surface area contributed by atoms with Crippen molar-refractivity contribution in [2.75, 3.05) is 6.61 Å². The highest BCUT2D eigenvalue weighted by molar-refractivity contribution is 6.04. The van der Waals surface area contributed by atoms with E-state index in [9.17, 15) is 14.7 Å². The summed E-state index contributed by atoms with van der Waals surface area (Å²) >= 11 is 0. The third-order valence-corrected chi connectivity index (χ3v) is 3.75. The lowest BCUT2D eigenvalue weighted by atomic mass is 10.1. The molecular formula is C17H16N2O4. The third kappa shape index (κ3) is 2.76. The van der Waals surface area contributed by atoms with Crippen LogP contribution >= 0.6 is 0 Å². The molecule has 118 valence electrons. The van der Waals surface area contributed by atoms with E-state index in [0.29, 0.717) is 5.52 Å². The lowest BCUT2D eigenvalue weighted by Crippen LogP contribution is -2.30. The predicted molar refractivity (Wildman–Crippen MR) is 85.2 cm³/mol. The van der Waals surface area contributed by atoms with Crippen LogP contribution in [0.25, 0.3) is 11.1 Å². The first-order valence-electron chi connectivity index (χ1n) is 7.17. The SMILES string of the molecule is Cn1c(=O)oc2c(C(=O)N[C@H](CO)c3ccccc3)cccc21. The van der Waals surface area contributed by atoms with Crippen molar-refractivity contribution in [2.45, 2.75) is 6.04 Å². The van der Waals surface area contributed by atoms with Gasteiger partial charge in [0.1, 0.15) is 0 Å². The monoisotopic (exact) mass is 312 g/mol. The Hall–Kier alpha value is -2.86. The van der Waals surface area contributed by atoms with Crippen LogP contribution in [0.2, 0.25) is 0 Å². The van der Waals surface area contributed by atoms with E-state index in [2.05, 4.69) is 5.32 Å². The third-order valence-electron chi connectivity index (χ3n) is 3.75. The van der Waals surface area contributed by atoms with Crippen molar-refractivity contribution in [3.05, 3.63) is 70.2 Å². The van der Waals surface area contributed by atoms with E-state index in [-0.39, 0.29) is 17.8 Å². The van der Waals surface area contributed by atoms with E-state index in [1.165, 1.54) is 4.57 Å². The van der Waals surface area contributed by atoms with Gasteiger partial charge in [0, 0.05) is 7.05 Å². The fourth-order valence-corrected chi connectivity index (χ4v) is 2.48. The van der Waals surface area contributed by atoms with Crippen LogP contribution in [0.1, 0.15) is 22.0 Å². The Labute approximate surface area is 132 Å². The Bertz CT molecular complexity index is 896. The van der Waals surface area contributed by atoms with Gasteiger partial charge in [-0.25, -0.2) is 4.79 Å². The van der Waals surface area contributed by atoms with Gasteiger partial charge in [-0.15, -0.1) is 0 Å². The number of oxazole rings is 1. The minimum atomic E-state index is -0.533. The molecule has 0 aliphatic carbocycles. The first-order chi connectivity index (χ1) is 11.1. The number of carbonyl (C=O) groups excluding carboxylic acids is 1. The number of aliphatic hydroxyl groups is 1. The first kappa shape index (κ1) is 15.1. The number of amides is 1. The lowest BCUT2D eigenvalue weighted by Gasteiger charge is -2.16. The molecule has 0 bridgehead atoms. The number of aromatic nitrogens is 1. The summed E-state index contributed by atoms with van der Waals surface area (Å²) in [4.78, 5) is 24.2. The molecule has 6 heteroatoms. The molecule has 0 saturated carbocycles. The molecule has 0 fully saturated rings. The standard InChI is InChI=1S/C17H16N2O4/c1-19-14-9-5-8-12(15(14)23-17(19)22)16(21)18-13(10-20)11-6-3-2-4-7-11/h2-9,13,20H,10H2,1H3,(H,18,21)/t13-/m1/s1. The molecule has 3 aromatic rings. The van der Waals surface area contributed by atoms with Crippen molar-refractivity contribution < 1.29 is 14.3 Å². The van der Waals surface area contributed by atoms with Crippen LogP contribution in [0.4, 0.5) is 0 Å². The second-order valence-corrected chi connectivity index (χ2v) is 5.20. The van der Waals surface area contributed by atoms with Gasteiger partial charge in [-0.2, -0.15) is 0 Å². The van der Waals surface area contributed by atoms with Gasteiger partial charge in [0.05, 0.1) is 23.7 Å². The number of nitrogens with zero attached hydrogens (tertiary/aromatic N) is 1. The topological polar surface area (TPSA) is 84.5 Å². The summed E-state index contributed by atoms with van der Waals surface area (Å²) in [7, 11) is 1.58. The molecule has 0 radical (unpaired) electrons. The van der Waals surface area contributed by atoms with E-state index in [1.54, 1.807) is 25.2 Å². The van der Waals surface area contributed by atoms with Crippen molar-refractivity contribution >= 4 is 17.0 Å². The molecule has 0 unspecified atom stereocenters. The molecule has 1 amide bonds. The quantitative estimate of drug-likeness (QED) is 0.766. The number of carbonyl (C=O) groups is 1. The molecule has 0 saturated heterocycles. The summed E-state index contributed by atoms with van der Waals surface area (Å²) in [6, 6.07) is 13.6. The molecule has 1 aromatic heterocycles. The van der Waals surface area contributed by atoms with Crippen LogP contribution < -0.4 is 11.1 Å². The average Bonchev–Trinajstić information content (AvgIpc) is 2.88. The summed E-state index contributed by atoms with van der Waals surface area (Å²) in [6.07, 6.45) is 0. The van der Waals surface area contributed by atoms with Crippen molar-refractivity contribution in [3.63, 3.8) is 0 Å². The molecule has 0 aliphatic rings. The van der Waals surface area contributed by atoms with Gasteiger partial charge < -0.3 is 14.8 Å². The smallest absolute Gasteiger partial charge is 0.407 e. The van der Waals surface area contributed by atoms with Crippen molar-refractivity contribution in [1.29, 1.82) is 0 Å². The van der Waals surface area contributed by atoms with Gasteiger partial charge in [-0.1, -0.05) is 36.4 Å². The summed E-state index contributed by atoms with van der Waals surface area (Å²) in [5, 5.41) is 12.3. The molecular weight excluding hydrogens is 296 g/mol. The van der Waals surface area contributed by atoms with Gasteiger partial charge in [0.15, 0.2) is 5.58 Å². The zero-order chi connectivity index (χ0) is 16.4. The fraction of sp³-hybridized carbons (Fsp3) is 0.176. The number of hydrogen-bond donors (Lipinski definition) is 2. The number of hydrogen-bond acceptors (Lipinski definition) is 4.